The fraction of sp³-hybridized carbons (Fsp3) is 0.600. The molecule has 0 spiro atoms. The number of rotatable bonds is 12. The maximum atomic E-state index is 14.7. The number of methoxy groups -OCH3 is 1. The quantitative estimate of drug-likeness (QED) is 0.428. The second-order valence-corrected chi connectivity index (χ2v) is 10.1. The molecule has 0 radical (unpaired) electrons. The molecule has 1 aliphatic heterocycles. The number of carboxylic acids is 1. The molecule has 33 heavy (non-hydrogen) atoms. The third kappa shape index (κ3) is 6.80. The molecule has 0 saturated carbocycles. The van der Waals surface area contributed by atoms with Crippen molar-refractivity contribution in [3.8, 4) is 5.75 Å². The summed E-state index contributed by atoms with van der Waals surface area (Å²) in [5.41, 5.74) is 7.54. The van der Waals surface area contributed by atoms with Gasteiger partial charge in [0.05, 0.1) is 24.7 Å². The van der Waals surface area contributed by atoms with Crippen LogP contribution in [0.1, 0.15) is 50.6 Å². The summed E-state index contributed by atoms with van der Waals surface area (Å²) in [5, 5.41) is 10.5. The summed E-state index contributed by atoms with van der Waals surface area (Å²) in [7, 11) is 1.57. The van der Waals surface area contributed by atoms with E-state index in [1.54, 1.807) is 25.3 Å². The highest BCUT2D eigenvalue weighted by Crippen LogP contribution is 2.34. The minimum absolute atomic E-state index is 0.0463. The van der Waals surface area contributed by atoms with E-state index in [1.807, 2.05) is 11.8 Å². The van der Waals surface area contributed by atoms with Gasteiger partial charge >= 0.3 is 5.97 Å². The maximum absolute atomic E-state index is 14.7. The van der Waals surface area contributed by atoms with Gasteiger partial charge in [0, 0.05) is 23.5 Å². The highest BCUT2D eigenvalue weighted by atomic mass is 32.2. The minimum Gasteiger partial charge on any atom is -0.497 e. The Labute approximate surface area is 200 Å². The van der Waals surface area contributed by atoms with E-state index in [2.05, 4.69) is 16.8 Å². The number of aromatic nitrogens is 1. The topological polar surface area (TPSA) is 88.7 Å². The van der Waals surface area contributed by atoms with Crippen LogP contribution in [0, 0.1) is 17.7 Å². The predicted molar refractivity (Wildman–Crippen MR) is 132 cm³/mol. The third-order valence-electron chi connectivity index (χ3n) is 6.56. The lowest BCUT2D eigenvalue weighted by Crippen LogP contribution is -2.44. The Hall–Kier alpha value is -1.90. The molecule has 1 fully saturated rings. The molecule has 2 aromatic rings. The second kappa shape index (κ2) is 12.5. The summed E-state index contributed by atoms with van der Waals surface area (Å²) >= 11 is 1.96. The van der Waals surface area contributed by atoms with Gasteiger partial charge in [0.2, 0.25) is 0 Å². The number of pyridine rings is 1. The smallest absolute Gasteiger partial charge is 0.308 e. The molecular formula is C25H36FN3O3S. The van der Waals surface area contributed by atoms with Crippen molar-refractivity contribution in [3.63, 3.8) is 0 Å². The Balaban J connectivity index is 1.62. The summed E-state index contributed by atoms with van der Waals surface area (Å²) in [5.74, 6) is 1.38. The van der Waals surface area contributed by atoms with Gasteiger partial charge in [0.25, 0.3) is 0 Å². The number of likely N-dealkylation sites (tertiary alicyclic amines) is 1. The third-order valence-corrected chi connectivity index (χ3v) is 7.83. The van der Waals surface area contributed by atoms with Crippen molar-refractivity contribution in [3.05, 3.63) is 35.8 Å². The van der Waals surface area contributed by atoms with Crippen LogP contribution < -0.4 is 10.5 Å². The first-order valence-electron chi connectivity index (χ1n) is 11.8. The molecule has 1 aromatic heterocycles. The zero-order valence-corrected chi connectivity index (χ0v) is 20.5. The number of nitrogens with two attached hydrogens (primary N) is 1. The van der Waals surface area contributed by atoms with E-state index in [9.17, 15) is 14.3 Å². The molecule has 3 N–H and O–H groups in total. The predicted octanol–water partition coefficient (Wildman–Crippen LogP) is 4.72. The van der Waals surface area contributed by atoms with Gasteiger partial charge in [-0.3, -0.25) is 9.78 Å². The van der Waals surface area contributed by atoms with Crippen LogP contribution in [-0.4, -0.2) is 59.2 Å². The van der Waals surface area contributed by atoms with Gasteiger partial charge in [-0.1, -0.05) is 6.92 Å². The van der Waals surface area contributed by atoms with Crippen LogP contribution in [-0.2, 0) is 4.79 Å². The van der Waals surface area contributed by atoms with Crippen molar-refractivity contribution in [2.45, 2.75) is 45.1 Å². The summed E-state index contributed by atoms with van der Waals surface area (Å²) in [6.45, 7) is 4.62. The molecule has 1 aliphatic rings. The van der Waals surface area contributed by atoms with Crippen molar-refractivity contribution in [2.75, 3.05) is 38.2 Å². The van der Waals surface area contributed by atoms with E-state index in [-0.39, 0.29) is 5.92 Å². The number of ether oxygens (including phenoxy) is 1. The number of halogens is 1. The van der Waals surface area contributed by atoms with E-state index >= 15 is 0 Å². The highest BCUT2D eigenvalue weighted by Gasteiger charge is 2.34. The number of carboxylic acid groups (broad SMARTS) is 1. The molecule has 0 aliphatic carbocycles. The van der Waals surface area contributed by atoms with Crippen molar-refractivity contribution in [2.24, 2.45) is 17.6 Å². The van der Waals surface area contributed by atoms with Crippen LogP contribution in [0.3, 0.4) is 0 Å². The molecule has 1 aromatic carbocycles. The Bertz CT molecular complexity index is 929. The number of aliphatic carboxylic acids is 1. The number of thioether (sulfide) groups is 1. The van der Waals surface area contributed by atoms with Gasteiger partial charge in [-0.15, -0.1) is 0 Å². The number of hydrogen-bond donors (Lipinski definition) is 2. The van der Waals surface area contributed by atoms with Gasteiger partial charge in [-0.2, -0.15) is 11.8 Å². The Kier molecular flexibility index (Phi) is 9.77. The first-order valence-corrected chi connectivity index (χ1v) is 13.0. The highest BCUT2D eigenvalue weighted by molar-refractivity contribution is 7.99. The molecule has 8 heteroatoms. The lowest BCUT2D eigenvalue weighted by Gasteiger charge is -2.37. The van der Waals surface area contributed by atoms with Crippen LogP contribution in [0.4, 0.5) is 4.39 Å². The van der Waals surface area contributed by atoms with Crippen LogP contribution in [0.5, 0.6) is 5.75 Å². The number of carbonyl (C=O) groups is 1. The second-order valence-electron chi connectivity index (χ2n) is 8.85. The van der Waals surface area contributed by atoms with Crippen molar-refractivity contribution < 1.29 is 19.0 Å². The first-order chi connectivity index (χ1) is 15.9. The first kappa shape index (κ1) is 25.7. The van der Waals surface area contributed by atoms with E-state index in [0.717, 1.165) is 31.7 Å². The molecule has 1 saturated heterocycles. The molecular weight excluding hydrogens is 441 g/mol. The number of fused-ring (bicyclic) bond motifs is 1. The fourth-order valence-corrected chi connectivity index (χ4v) is 5.57. The number of nitrogens with zero attached hydrogens (tertiary/aromatic N) is 2. The summed E-state index contributed by atoms with van der Waals surface area (Å²) in [6.07, 6.45) is 5.50. The Morgan fingerprint density at radius 3 is 2.97 bits per heavy atom. The lowest BCUT2D eigenvalue weighted by molar-refractivity contribution is -0.146. The molecule has 3 rings (SSSR count). The van der Waals surface area contributed by atoms with Gasteiger partial charge in [0.1, 0.15) is 11.6 Å². The molecule has 3 atom stereocenters. The van der Waals surface area contributed by atoms with E-state index in [4.69, 9.17) is 10.5 Å². The summed E-state index contributed by atoms with van der Waals surface area (Å²) in [4.78, 5) is 18.4. The SMILES string of the molecule is CCCSCCCN1CC[C@H](CC[C@H](N)c2c(F)cnc3ccc(OC)cc23)[C@H](C(=O)O)C1. The molecule has 182 valence electrons. The Morgan fingerprint density at radius 2 is 2.24 bits per heavy atom. The fourth-order valence-electron chi connectivity index (χ4n) is 4.74. The molecule has 2 heterocycles. The van der Waals surface area contributed by atoms with E-state index < -0.39 is 23.7 Å². The van der Waals surface area contributed by atoms with Gasteiger partial charge in [-0.25, -0.2) is 4.39 Å². The minimum atomic E-state index is -0.746. The van der Waals surface area contributed by atoms with Crippen molar-refractivity contribution >= 4 is 28.6 Å². The maximum Gasteiger partial charge on any atom is 0.308 e. The largest absolute Gasteiger partial charge is 0.497 e. The average Bonchev–Trinajstić information content (AvgIpc) is 2.82. The van der Waals surface area contributed by atoms with Crippen LogP contribution >= 0.6 is 11.8 Å². The van der Waals surface area contributed by atoms with Gasteiger partial charge in [0.15, 0.2) is 0 Å². The van der Waals surface area contributed by atoms with Crippen molar-refractivity contribution in [1.82, 2.24) is 9.88 Å². The van der Waals surface area contributed by atoms with Crippen LogP contribution in [0.25, 0.3) is 10.9 Å². The zero-order valence-electron chi connectivity index (χ0n) is 19.6. The standard InChI is InChI=1S/C25H36FN3O3S/c1-3-12-33-13-4-10-29-11-9-17(20(16-29)25(30)31)5-7-22(27)24-19-14-18(32-2)6-8-23(19)28-15-21(24)26/h6,8,14-15,17,20,22H,3-5,7,9-13,16,27H2,1-2H3,(H,30,31)/t17-,20+,22-/m0/s1. The zero-order chi connectivity index (χ0) is 23.8. The lowest BCUT2D eigenvalue weighted by atomic mass is 9.81. The molecule has 6 nitrogen and oxygen atoms in total. The van der Waals surface area contributed by atoms with Crippen molar-refractivity contribution in [1.29, 1.82) is 0 Å². The molecule has 0 unspecified atom stereocenters. The molecule has 0 bridgehead atoms. The Morgan fingerprint density at radius 1 is 1.42 bits per heavy atom. The summed E-state index contributed by atoms with van der Waals surface area (Å²) < 4.78 is 20.0. The number of piperidine rings is 1. The van der Waals surface area contributed by atoms with Gasteiger partial charge < -0.3 is 20.5 Å². The number of benzene rings is 1. The van der Waals surface area contributed by atoms with E-state index in [0.29, 0.717) is 41.6 Å². The normalized spacial score (nSPS) is 20.1. The average molecular weight is 478 g/mol. The monoisotopic (exact) mass is 477 g/mol. The van der Waals surface area contributed by atoms with Crippen LogP contribution in [0.2, 0.25) is 0 Å². The summed E-state index contributed by atoms with van der Waals surface area (Å²) in [6, 6.07) is 4.81. The van der Waals surface area contributed by atoms with Crippen LogP contribution in [0.15, 0.2) is 24.4 Å². The number of hydrogen-bond acceptors (Lipinski definition) is 6. The molecule has 0 amide bonds. The van der Waals surface area contributed by atoms with Gasteiger partial charge in [-0.05, 0) is 80.8 Å². The van der Waals surface area contributed by atoms with E-state index in [1.165, 1.54) is 18.4 Å².